The number of urea groups is 1. The number of likely N-dealkylation sites (tertiary alicyclic amines) is 1. The third-order valence-corrected chi connectivity index (χ3v) is 1.67. The first-order chi connectivity index (χ1) is 5.30. The minimum Gasteiger partial charge on any atom is -0.351 e. The Morgan fingerprint density at radius 1 is 1.18 bits per heavy atom. The molecule has 0 aromatic rings. The summed E-state index contributed by atoms with van der Waals surface area (Å²) in [6.45, 7) is 5.71. The van der Waals surface area contributed by atoms with Crippen LogP contribution in [0.25, 0.3) is 0 Å². The molecule has 1 fully saturated rings. The van der Waals surface area contributed by atoms with E-state index in [4.69, 9.17) is 5.73 Å². The molecule has 0 atom stereocenters. The Balaban J connectivity index is 0.000000461. The van der Waals surface area contributed by atoms with Crippen molar-refractivity contribution >= 4 is 6.03 Å². The standard InChI is InChI=1S/C6H12N2O.C2H6/c7-6(9)8-4-2-1-3-5-8;1-2/h1-5H2,(H2,7,9);1-2H3. The predicted octanol–water partition coefficient (Wildman–Crippen LogP) is 1.58. The summed E-state index contributed by atoms with van der Waals surface area (Å²) < 4.78 is 0. The van der Waals surface area contributed by atoms with Crippen molar-refractivity contribution in [3.63, 3.8) is 0 Å². The van der Waals surface area contributed by atoms with E-state index in [1.54, 1.807) is 4.90 Å². The quantitative estimate of drug-likeness (QED) is 0.571. The minimum atomic E-state index is -0.269. The number of carbonyl (C=O) groups is 1. The second-order valence-electron chi connectivity index (χ2n) is 2.39. The van der Waals surface area contributed by atoms with E-state index in [1.165, 1.54) is 6.42 Å². The number of nitrogens with zero attached hydrogens (tertiary/aromatic N) is 1. The molecule has 2 N–H and O–H groups in total. The highest BCUT2D eigenvalue weighted by Crippen LogP contribution is 2.06. The molecule has 11 heavy (non-hydrogen) atoms. The number of rotatable bonds is 0. The van der Waals surface area contributed by atoms with Crippen LogP contribution in [-0.2, 0) is 0 Å². The Kier molecular flexibility index (Phi) is 5.61. The molecule has 2 amide bonds. The number of nitrogens with two attached hydrogens (primary N) is 1. The van der Waals surface area contributed by atoms with E-state index in [0.717, 1.165) is 25.9 Å². The first kappa shape index (κ1) is 10.3. The summed E-state index contributed by atoms with van der Waals surface area (Å²) in [5.74, 6) is 0. The maximum absolute atomic E-state index is 10.5. The summed E-state index contributed by atoms with van der Waals surface area (Å²) in [6.07, 6.45) is 3.47. The molecule has 1 heterocycles. The van der Waals surface area contributed by atoms with Crippen molar-refractivity contribution < 1.29 is 4.79 Å². The number of hydrogen-bond acceptors (Lipinski definition) is 1. The number of amides is 2. The van der Waals surface area contributed by atoms with Crippen LogP contribution in [0, 0.1) is 0 Å². The molecule has 0 aromatic carbocycles. The van der Waals surface area contributed by atoms with E-state index in [-0.39, 0.29) is 6.03 Å². The van der Waals surface area contributed by atoms with Gasteiger partial charge in [0.1, 0.15) is 0 Å². The Morgan fingerprint density at radius 2 is 1.64 bits per heavy atom. The smallest absolute Gasteiger partial charge is 0.314 e. The molecule has 0 spiro atoms. The lowest BCUT2D eigenvalue weighted by molar-refractivity contribution is 0.196. The van der Waals surface area contributed by atoms with Crippen LogP contribution in [0.3, 0.4) is 0 Å². The molecule has 3 heteroatoms. The van der Waals surface area contributed by atoms with Gasteiger partial charge in [0.15, 0.2) is 0 Å². The first-order valence-electron chi connectivity index (χ1n) is 4.35. The van der Waals surface area contributed by atoms with Crippen LogP contribution in [0.1, 0.15) is 33.1 Å². The van der Waals surface area contributed by atoms with Crippen molar-refractivity contribution in [3.8, 4) is 0 Å². The SMILES string of the molecule is CC.NC(=O)N1CCCCC1. The predicted molar refractivity (Wildman–Crippen MR) is 46.4 cm³/mol. The zero-order chi connectivity index (χ0) is 8.69. The highest BCUT2D eigenvalue weighted by molar-refractivity contribution is 5.71. The van der Waals surface area contributed by atoms with Crippen LogP contribution in [0.5, 0.6) is 0 Å². The first-order valence-corrected chi connectivity index (χ1v) is 4.35. The maximum atomic E-state index is 10.5. The topological polar surface area (TPSA) is 46.3 Å². The lowest BCUT2D eigenvalue weighted by Gasteiger charge is -2.24. The highest BCUT2D eigenvalue weighted by Gasteiger charge is 2.11. The molecule has 66 valence electrons. The van der Waals surface area contributed by atoms with Gasteiger partial charge in [0.05, 0.1) is 0 Å². The molecule has 1 aliphatic heterocycles. The fourth-order valence-corrected chi connectivity index (χ4v) is 1.11. The molecule has 1 rings (SSSR count). The van der Waals surface area contributed by atoms with Gasteiger partial charge in [-0.2, -0.15) is 0 Å². The van der Waals surface area contributed by atoms with Crippen LogP contribution < -0.4 is 5.73 Å². The molecular formula is C8H18N2O. The van der Waals surface area contributed by atoms with Crippen molar-refractivity contribution in [2.75, 3.05) is 13.1 Å². The van der Waals surface area contributed by atoms with E-state index in [1.807, 2.05) is 13.8 Å². The molecule has 0 aromatic heterocycles. The summed E-state index contributed by atoms with van der Waals surface area (Å²) in [5, 5.41) is 0. The van der Waals surface area contributed by atoms with Crippen LogP contribution in [0.2, 0.25) is 0 Å². The van der Waals surface area contributed by atoms with Gasteiger partial charge in [-0.25, -0.2) is 4.79 Å². The average molecular weight is 158 g/mol. The number of carbonyl (C=O) groups excluding carboxylic acids is 1. The Morgan fingerprint density at radius 3 is 1.91 bits per heavy atom. The van der Waals surface area contributed by atoms with Crippen LogP contribution in [-0.4, -0.2) is 24.0 Å². The van der Waals surface area contributed by atoms with Gasteiger partial charge >= 0.3 is 6.03 Å². The van der Waals surface area contributed by atoms with Crippen LogP contribution in [0.15, 0.2) is 0 Å². The zero-order valence-electron chi connectivity index (χ0n) is 7.47. The van der Waals surface area contributed by atoms with Gasteiger partial charge in [-0.3, -0.25) is 0 Å². The normalized spacial score (nSPS) is 16.7. The minimum absolute atomic E-state index is 0.269. The third-order valence-electron chi connectivity index (χ3n) is 1.67. The van der Waals surface area contributed by atoms with Gasteiger partial charge in [0.2, 0.25) is 0 Å². The molecule has 0 saturated carbocycles. The second-order valence-corrected chi connectivity index (χ2v) is 2.39. The van der Waals surface area contributed by atoms with Gasteiger partial charge in [-0.05, 0) is 19.3 Å². The number of hydrogen-bond donors (Lipinski definition) is 1. The fraction of sp³-hybridized carbons (Fsp3) is 0.875. The largest absolute Gasteiger partial charge is 0.351 e. The van der Waals surface area contributed by atoms with Crippen molar-refractivity contribution in [2.24, 2.45) is 5.73 Å². The highest BCUT2D eigenvalue weighted by atomic mass is 16.2. The Labute approximate surface area is 68.6 Å². The summed E-state index contributed by atoms with van der Waals surface area (Å²) in [6, 6.07) is -0.269. The van der Waals surface area contributed by atoms with Crippen molar-refractivity contribution in [1.29, 1.82) is 0 Å². The monoisotopic (exact) mass is 158 g/mol. The third kappa shape index (κ3) is 3.86. The van der Waals surface area contributed by atoms with E-state index in [9.17, 15) is 4.79 Å². The van der Waals surface area contributed by atoms with Gasteiger partial charge in [-0.15, -0.1) is 0 Å². The summed E-state index contributed by atoms with van der Waals surface area (Å²) in [7, 11) is 0. The van der Waals surface area contributed by atoms with E-state index in [2.05, 4.69) is 0 Å². The van der Waals surface area contributed by atoms with Crippen molar-refractivity contribution in [2.45, 2.75) is 33.1 Å². The molecule has 1 aliphatic rings. The molecule has 1 saturated heterocycles. The van der Waals surface area contributed by atoms with Crippen LogP contribution in [0.4, 0.5) is 4.79 Å². The van der Waals surface area contributed by atoms with Gasteiger partial charge in [-0.1, -0.05) is 13.8 Å². The lowest BCUT2D eigenvalue weighted by Crippen LogP contribution is -2.39. The zero-order valence-corrected chi connectivity index (χ0v) is 7.47. The van der Waals surface area contributed by atoms with E-state index >= 15 is 0 Å². The van der Waals surface area contributed by atoms with Gasteiger partial charge in [0, 0.05) is 13.1 Å². The van der Waals surface area contributed by atoms with Crippen molar-refractivity contribution in [3.05, 3.63) is 0 Å². The Bertz CT molecular complexity index is 109. The summed E-state index contributed by atoms with van der Waals surface area (Å²) >= 11 is 0. The maximum Gasteiger partial charge on any atom is 0.314 e. The second kappa shape index (κ2) is 6.01. The average Bonchev–Trinajstić information content (AvgIpc) is 2.10. The van der Waals surface area contributed by atoms with Crippen LogP contribution >= 0.6 is 0 Å². The molecule has 0 bridgehead atoms. The summed E-state index contributed by atoms with van der Waals surface area (Å²) in [4.78, 5) is 12.2. The number of piperidine rings is 1. The summed E-state index contributed by atoms with van der Waals surface area (Å²) in [5.41, 5.74) is 5.05. The molecule has 3 nitrogen and oxygen atoms in total. The van der Waals surface area contributed by atoms with Gasteiger partial charge < -0.3 is 10.6 Å². The number of primary amides is 1. The lowest BCUT2D eigenvalue weighted by atomic mass is 10.1. The Hall–Kier alpha value is -0.730. The molecule has 0 radical (unpaired) electrons. The van der Waals surface area contributed by atoms with E-state index in [0.29, 0.717) is 0 Å². The molecule has 0 aliphatic carbocycles. The van der Waals surface area contributed by atoms with E-state index < -0.39 is 0 Å². The molecular weight excluding hydrogens is 140 g/mol. The fourth-order valence-electron chi connectivity index (χ4n) is 1.11. The van der Waals surface area contributed by atoms with Crippen molar-refractivity contribution in [1.82, 2.24) is 4.90 Å². The molecule has 0 unspecified atom stereocenters. The van der Waals surface area contributed by atoms with Gasteiger partial charge in [0.25, 0.3) is 0 Å².